The maximum atomic E-state index is 12.8. The number of primary amides is 1. The SMILES string of the molecule is CN(C)C(=O)c1cccc(COc2ccc(S(=O)(=O)N3CCCC3)cc2C(N)=O)c1. The number of benzene rings is 2. The van der Waals surface area contributed by atoms with E-state index in [2.05, 4.69) is 0 Å². The maximum absolute atomic E-state index is 12.8. The predicted molar refractivity (Wildman–Crippen MR) is 112 cm³/mol. The van der Waals surface area contributed by atoms with Crippen molar-refractivity contribution in [3.8, 4) is 5.75 Å². The Hall–Kier alpha value is -2.91. The van der Waals surface area contributed by atoms with E-state index in [-0.39, 0.29) is 28.7 Å². The third kappa shape index (κ3) is 4.63. The lowest BCUT2D eigenvalue weighted by molar-refractivity contribution is 0.0827. The van der Waals surface area contributed by atoms with E-state index < -0.39 is 15.9 Å². The van der Waals surface area contributed by atoms with Gasteiger partial charge in [-0.3, -0.25) is 9.59 Å². The van der Waals surface area contributed by atoms with Crippen LogP contribution in [0.5, 0.6) is 5.75 Å². The number of nitrogens with two attached hydrogens (primary N) is 1. The molecule has 0 aliphatic carbocycles. The molecular weight excluding hydrogens is 406 g/mol. The van der Waals surface area contributed by atoms with E-state index in [4.69, 9.17) is 10.5 Å². The van der Waals surface area contributed by atoms with Crippen LogP contribution in [0.2, 0.25) is 0 Å². The smallest absolute Gasteiger partial charge is 0.253 e. The Bertz CT molecular complexity index is 1060. The van der Waals surface area contributed by atoms with Crippen LogP contribution in [0.4, 0.5) is 0 Å². The van der Waals surface area contributed by atoms with Crippen LogP contribution in [-0.2, 0) is 16.6 Å². The van der Waals surface area contributed by atoms with Crippen LogP contribution < -0.4 is 10.5 Å². The van der Waals surface area contributed by atoms with Gasteiger partial charge in [0.2, 0.25) is 10.0 Å². The molecule has 0 aromatic heterocycles. The number of sulfonamides is 1. The lowest BCUT2D eigenvalue weighted by Gasteiger charge is -2.17. The molecular formula is C21H25N3O5S. The molecule has 1 aliphatic heterocycles. The minimum absolute atomic E-state index is 0.00389. The molecule has 8 nitrogen and oxygen atoms in total. The summed E-state index contributed by atoms with van der Waals surface area (Å²) in [6.07, 6.45) is 1.64. The molecule has 2 aromatic carbocycles. The zero-order valence-corrected chi connectivity index (χ0v) is 17.8. The minimum Gasteiger partial charge on any atom is -0.488 e. The number of rotatable bonds is 7. The fourth-order valence-electron chi connectivity index (χ4n) is 3.28. The van der Waals surface area contributed by atoms with Crippen molar-refractivity contribution in [2.75, 3.05) is 27.2 Å². The number of nitrogens with zero attached hydrogens (tertiary/aromatic N) is 2. The van der Waals surface area contributed by atoms with Crippen molar-refractivity contribution < 1.29 is 22.7 Å². The number of hydrogen-bond acceptors (Lipinski definition) is 5. The Balaban J connectivity index is 1.82. The molecule has 1 saturated heterocycles. The fourth-order valence-corrected chi connectivity index (χ4v) is 4.82. The molecule has 0 bridgehead atoms. The Kier molecular flexibility index (Phi) is 6.42. The molecule has 30 heavy (non-hydrogen) atoms. The van der Waals surface area contributed by atoms with Gasteiger partial charge in [-0.25, -0.2) is 8.42 Å². The van der Waals surface area contributed by atoms with Crippen LogP contribution in [-0.4, -0.2) is 56.6 Å². The highest BCUT2D eigenvalue weighted by molar-refractivity contribution is 7.89. The van der Waals surface area contributed by atoms with Gasteiger partial charge in [-0.05, 0) is 48.7 Å². The Labute approximate surface area is 176 Å². The summed E-state index contributed by atoms with van der Waals surface area (Å²) in [5.41, 5.74) is 6.71. The quantitative estimate of drug-likeness (QED) is 0.719. The summed E-state index contributed by atoms with van der Waals surface area (Å²) in [5, 5.41) is 0. The highest BCUT2D eigenvalue weighted by Gasteiger charge is 2.28. The lowest BCUT2D eigenvalue weighted by Crippen LogP contribution is -2.28. The van der Waals surface area contributed by atoms with E-state index in [0.29, 0.717) is 18.7 Å². The second kappa shape index (κ2) is 8.85. The van der Waals surface area contributed by atoms with Gasteiger partial charge in [-0.2, -0.15) is 4.31 Å². The average molecular weight is 432 g/mol. The number of amides is 2. The number of hydrogen-bond donors (Lipinski definition) is 1. The van der Waals surface area contributed by atoms with Crippen molar-refractivity contribution in [1.29, 1.82) is 0 Å². The van der Waals surface area contributed by atoms with E-state index in [1.54, 1.807) is 38.4 Å². The first-order valence-corrected chi connectivity index (χ1v) is 11.0. The van der Waals surface area contributed by atoms with Crippen LogP contribution in [0.25, 0.3) is 0 Å². The zero-order chi connectivity index (χ0) is 21.9. The second-order valence-electron chi connectivity index (χ2n) is 7.32. The Morgan fingerprint density at radius 3 is 2.43 bits per heavy atom. The van der Waals surface area contributed by atoms with Crippen LogP contribution >= 0.6 is 0 Å². The van der Waals surface area contributed by atoms with Crippen molar-refractivity contribution in [1.82, 2.24) is 9.21 Å². The van der Waals surface area contributed by atoms with Crippen molar-refractivity contribution in [2.24, 2.45) is 5.73 Å². The van der Waals surface area contributed by atoms with Crippen LogP contribution in [0.3, 0.4) is 0 Å². The molecule has 160 valence electrons. The lowest BCUT2D eigenvalue weighted by atomic mass is 10.1. The largest absolute Gasteiger partial charge is 0.488 e. The predicted octanol–water partition coefficient (Wildman–Crippen LogP) is 1.85. The third-order valence-corrected chi connectivity index (χ3v) is 6.79. The standard InChI is InChI=1S/C21H25N3O5S/c1-23(2)21(26)16-7-5-6-15(12-16)14-29-19-9-8-17(13-18(19)20(22)25)30(27,28)24-10-3-4-11-24/h5-9,12-13H,3-4,10-11,14H2,1-2H3,(H2,22,25). The number of carbonyl (C=O) groups excluding carboxylic acids is 2. The van der Waals surface area contributed by atoms with Gasteiger partial charge < -0.3 is 15.4 Å². The van der Waals surface area contributed by atoms with Crippen molar-refractivity contribution in [2.45, 2.75) is 24.3 Å². The van der Waals surface area contributed by atoms with Gasteiger partial charge >= 0.3 is 0 Å². The Morgan fingerprint density at radius 2 is 1.80 bits per heavy atom. The van der Waals surface area contributed by atoms with Gasteiger partial charge in [0.1, 0.15) is 12.4 Å². The molecule has 1 aliphatic rings. The van der Waals surface area contributed by atoms with Crippen LogP contribution in [0.15, 0.2) is 47.4 Å². The average Bonchev–Trinajstić information content (AvgIpc) is 3.27. The molecule has 0 spiro atoms. The summed E-state index contributed by atoms with van der Waals surface area (Å²) in [4.78, 5) is 25.5. The molecule has 0 radical (unpaired) electrons. The van der Waals surface area contributed by atoms with Crippen molar-refractivity contribution >= 4 is 21.8 Å². The third-order valence-electron chi connectivity index (χ3n) is 4.89. The molecule has 9 heteroatoms. The first kappa shape index (κ1) is 21.8. The van der Waals surface area contributed by atoms with E-state index in [1.165, 1.54) is 27.4 Å². The van der Waals surface area contributed by atoms with Gasteiger partial charge in [0, 0.05) is 32.7 Å². The summed E-state index contributed by atoms with van der Waals surface area (Å²) in [7, 11) is -0.336. The number of ether oxygens (including phenoxy) is 1. The second-order valence-corrected chi connectivity index (χ2v) is 9.26. The van der Waals surface area contributed by atoms with Crippen LogP contribution in [0, 0.1) is 0 Å². The van der Waals surface area contributed by atoms with Gasteiger partial charge in [-0.15, -0.1) is 0 Å². The summed E-state index contributed by atoms with van der Waals surface area (Å²) < 4.78 is 32.6. The number of carbonyl (C=O) groups is 2. The zero-order valence-electron chi connectivity index (χ0n) is 17.0. The molecule has 1 fully saturated rings. The minimum atomic E-state index is -3.67. The topological polar surface area (TPSA) is 110 Å². The van der Waals surface area contributed by atoms with Gasteiger partial charge in [-0.1, -0.05) is 12.1 Å². The molecule has 0 saturated carbocycles. The van der Waals surface area contributed by atoms with Gasteiger partial charge in [0.15, 0.2) is 0 Å². The molecule has 2 N–H and O–H groups in total. The summed E-state index contributed by atoms with van der Waals surface area (Å²) in [6.45, 7) is 1.02. The summed E-state index contributed by atoms with van der Waals surface area (Å²) in [6, 6.07) is 11.1. The van der Waals surface area contributed by atoms with Crippen molar-refractivity contribution in [3.63, 3.8) is 0 Å². The molecule has 0 unspecified atom stereocenters. The van der Waals surface area contributed by atoms with E-state index >= 15 is 0 Å². The van der Waals surface area contributed by atoms with E-state index in [1.807, 2.05) is 0 Å². The van der Waals surface area contributed by atoms with Gasteiger partial charge in [0.25, 0.3) is 11.8 Å². The first-order valence-electron chi connectivity index (χ1n) is 9.57. The summed E-state index contributed by atoms with van der Waals surface area (Å²) >= 11 is 0. The van der Waals surface area contributed by atoms with E-state index in [0.717, 1.165) is 18.4 Å². The van der Waals surface area contributed by atoms with Crippen molar-refractivity contribution in [3.05, 3.63) is 59.2 Å². The highest BCUT2D eigenvalue weighted by atomic mass is 32.2. The molecule has 0 atom stereocenters. The van der Waals surface area contributed by atoms with E-state index in [9.17, 15) is 18.0 Å². The monoisotopic (exact) mass is 431 g/mol. The fraction of sp³-hybridized carbons (Fsp3) is 0.333. The Morgan fingerprint density at radius 1 is 1.10 bits per heavy atom. The first-order chi connectivity index (χ1) is 14.2. The summed E-state index contributed by atoms with van der Waals surface area (Å²) in [5.74, 6) is -0.724. The van der Waals surface area contributed by atoms with Crippen LogP contribution in [0.1, 0.15) is 39.1 Å². The molecule has 2 amide bonds. The normalized spacial score (nSPS) is 14.5. The molecule has 3 rings (SSSR count). The maximum Gasteiger partial charge on any atom is 0.253 e. The molecule has 1 heterocycles. The highest BCUT2D eigenvalue weighted by Crippen LogP contribution is 2.27. The molecule has 2 aromatic rings. The van der Waals surface area contributed by atoms with Gasteiger partial charge in [0.05, 0.1) is 10.5 Å².